The van der Waals surface area contributed by atoms with Crippen molar-refractivity contribution in [3.63, 3.8) is 0 Å². The topological polar surface area (TPSA) is 88.1 Å². The van der Waals surface area contributed by atoms with Gasteiger partial charge in [0.25, 0.3) is 15.9 Å². The number of fused-ring (bicyclic) bond motifs is 1. The Hall–Kier alpha value is -3.10. The first-order chi connectivity index (χ1) is 13.9. The lowest BCUT2D eigenvalue weighted by molar-refractivity contribution is -0.112. The molecule has 0 spiro atoms. The van der Waals surface area contributed by atoms with Crippen molar-refractivity contribution in [2.75, 3.05) is 17.6 Å². The number of carbonyl (C=O) groups is 1. The number of benzene rings is 2. The van der Waals surface area contributed by atoms with E-state index in [1.54, 1.807) is 53.6 Å². The highest BCUT2D eigenvalue weighted by molar-refractivity contribution is 7.90. The van der Waals surface area contributed by atoms with E-state index >= 15 is 0 Å². The molecule has 9 heteroatoms. The third kappa shape index (κ3) is 4.49. The summed E-state index contributed by atoms with van der Waals surface area (Å²) in [4.78, 5) is 14.2. The highest BCUT2D eigenvalue weighted by atomic mass is 35.5. The van der Waals surface area contributed by atoms with Crippen LogP contribution in [-0.2, 0) is 14.8 Å². The van der Waals surface area contributed by atoms with Crippen LogP contribution >= 0.6 is 11.6 Å². The van der Waals surface area contributed by atoms with Gasteiger partial charge in [-0.3, -0.25) is 4.79 Å². The molecular formula is C20H16ClN3O4S. The van der Waals surface area contributed by atoms with Gasteiger partial charge in [-0.25, -0.2) is 8.42 Å². The Bertz CT molecular complexity index is 1150. The predicted molar refractivity (Wildman–Crippen MR) is 112 cm³/mol. The van der Waals surface area contributed by atoms with Crippen LogP contribution in [-0.4, -0.2) is 37.4 Å². The zero-order valence-corrected chi connectivity index (χ0v) is 16.7. The van der Waals surface area contributed by atoms with Gasteiger partial charge in [0, 0.05) is 18.4 Å². The van der Waals surface area contributed by atoms with Crippen LogP contribution in [0.25, 0.3) is 0 Å². The lowest BCUT2D eigenvalue weighted by Gasteiger charge is -2.26. The fraction of sp³-hybridized carbons (Fsp3) is 0.100. The summed E-state index contributed by atoms with van der Waals surface area (Å²) in [5, 5.41) is 3.31. The number of para-hydroxylation sites is 1. The highest BCUT2D eigenvalue weighted by Crippen LogP contribution is 2.29. The summed E-state index contributed by atoms with van der Waals surface area (Å²) in [6.07, 6.45) is 4.66. The van der Waals surface area contributed by atoms with Crippen LogP contribution in [0.1, 0.15) is 0 Å². The van der Waals surface area contributed by atoms with Crippen molar-refractivity contribution in [1.29, 1.82) is 0 Å². The fourth-order valence-corrected chi connectivity index (χ4v) is 3.94. The number of hydrogen-bond acceptors (Lipinski definition) is 5. The van der Waals surface area contributed by atoms with Gasteiger partial charge in [0.15, 0.2) is 0 Å². The molecule has 0 aliphatic carbocycles. The Morgan fingerprint density at radius 2 is 1.86 bits per heavy atom. The lowest BCUT2D eigenvalue weighted by atomic mass is 10.1. The van der Waals surface area contributed by atoms with Crippen LogP contribution in [0.5, 0.6) is 11.5 Å². The molecule has 0 saturated heterocycles. The number of carbonyl (C=O) groups excluding carboxylic acids is 1. The smallest absolute Gasteiger partial charge is 0.257 e. The van der Waals surface area contributed by atoms with Gasteiger partial charge in [0.1, 0.15) is 17.3 Å². The first kappa shape index (κ1) is 19.2. The first-order valence-electron chi connectivity index (χ1n) is 8.73. The number of anilines is 1. The number of halogens is 1. The molecule has 2 heterocycles. The summed E-state index contributed by atoms with van der Waals surface area (Å²) in [5.74, 6) is 1.05. The number of sulfonamides is 1. The summed E-state index contributed by atoms with van der Waals surface area (Å²) in [5.41, 5.74) is 0.996. The molecule has 0 radical (unpaired) electrons. The molecule has 0 aromatic heterocycles. The van der Waals surface area contributed by atoms with Crippen molar-refractivity contribution >= 4 is 39.1 Å². The number of amidine groups is 1. The van der Waals surface area contributed by atoms with Crippen molar-refractivity contribution < 1.29 is 17.9 Å². The number of rotatable bonds is 4. The van der Waals surface area contributed by atoms with Crippen LogP contribution in [0.3, 0.4) is 0 Å². The minimum Gasteiger partial charge on any atom is -0.456 e. The molecule has 1 amide bonds. The van der Waals surface area contributed by atoms with E-state index in [-0.39, 0.29) is 18.2 Å². The van der Waals surface area contributed by atoms with Crippen molar-refractivity contribution in [2.24, 2.45) is 4.40 Å². The van der Waals surface area contributed by atoms with Crippen molar-refractivity contribution in [3.05, 3.63) is 77.5 Å². The maximum atomic E-state index is 12.5. The van der Waals surface area contributed by atoms with Crippen molar-refractivity contribution in [3.8, 4) is 11.5 Å². The molecular weight excluding hydrogens is 414 g/mol. The first-order valence-corrected chi connectivity index (χ1v) is 10.7. The average Bonchev–Trinajstić information content (AvgIpc) is 2.70. The normalized spacial score (nSPS) is 17.1. The quantitative estimate of drug-likeness (QED) is 0.802. The molecule has 2 aromatic carbocycles. The van der Waals surface area contributed by atoms with Crippen LogP contribution in [0, 0.1) is 0 Å². The van der Waals surface area contributed by atoms with E-state index in [1.807, 2.05) is 12.1 Å². The predicted octanol–water partition coefficient (Wildman–Crippen LogP) is 3.57. The van der Waals surface area contributed by atoms with E-state index in [9.17, 15) is 13.2 Å². The van der Waals surface area contributed by atoms with Gasteiger partial charge < -0.3 is 15.0 Å². The second-order valence-corrected chi connectivity index (χ2v) is 8.52. The largest absolute Gasteiger partial charge is 0.456 e. The zero-order valence-electron chi connectivity index (χ0n) is 15.1. The summed E-state index contributed by atoms with van der Waals surface area (Å²) < 4.78 is 32.5. The van der Waals surface area contributed by atoms with Crippen molar-refractivity contribution in [1.82, 2.24) is 4.90 Å². The maximum Gasteiger partial charge on any atom is 0.257 e. The maximum absolute atomic E-state index is 12.5. The van der Waals surface area contributed by atoms with Crippen LogP contribution in [0.15, 0.2) is 76.9 Å². The van der Waals surface area contributed by atoms with Crippen LogP contribution in [0.2, 0.25) is 5.02 Å². The standard InChI is InChI=1S/C20H16ClN3O4S/c21-17-3-1-2-4-18(17)28-16-8-6-15(7-9-16)22-20(25)14-5-10-19-23-29(26,27)12-11-24(19)13-14/h1-10,13H,11-12H2,(H,22,25). The molecule has 0 atom stereocenters. The van der Waals surface area contributed by atoms with Gasteiger partial charge in [-0.15, -0.1) is 4.40 Å². The third-order valence-corrected chi connectivity index (χ3v) is 5.74. The molecule has 2 aliphatic rings. The van der Waals surface area contributed by atoms with Gasteiger partial charge in [-0.2, -0.15) is 0 Å². The molecule has 2 aliphatic heterocycles. The minimum atomic E-state index is -3.42. The summed E-state index contributed by atoms with van der Waals surface area (Å²) in [7, 11) is -3.42. The summed E-state index contributed by atoms with van der Waals surface area (Å²) in [6, 6.07) is 14.0. The lowest BCUT2D eigenvalue weighted by Crippen LogP contribution is -2.37. The number of nitrogens with one attached hydrogen (secondary N) is 1. The van der Waals surface area contributed by atoms with Crippen molar-refractivity contribution in [2.45, 2.75) is 0 Å². The number of amides is 1. The third-order valence-electron chi connectivity index (χ3n) is 4.26. The second kappa shape index (κ2) is 7.73. The van der Waals surface area contributed by atoms with E-state index in [0.717, 1.165) is 0 Å². The van der Waals surface area contributed by atoms with Gasteiger partial charge in [0.2, 0.25) is 0 Å². The summed E-state index contributed by atoms with van der Waals surface area (Å²) >= 11 is 6.08. The van der Waals surface area contributed by atoms with Gasteiger partial charge >= 0.3 is 0 Å². The van der Waals surface area contributed by atoms with E-state index in [1.165, 1.54) is 6.08 Å². The molecule has 4 rings (SSSR count). The number of nitrogens with zero attached hydrogens (tertiary/aromatic N) is 2. The van der Waals surface area contributed by atoms with Crippen LogP contribution in [0.4, 0.5) is 5.69 Å². The molecule has 7 nitrogen and oxygen atoms in total. The highest BCUT2D eigenvalue weighted by Gasteiger charge is 2.25. The number of ether oxygens (including phenoxy) is 1. The van der Waals surface area contributed by atoms with Gasteiger partial charge in [0.05, 0.1) is 16.3 Å². The molecule has 0 saturated carbocycles. The molecule has 0 bridgehead atoms. The number of hydrogen-bond donors (Lipinski definition) is 1. The fourth-order valence-electron chi connectivity index (χ4n) is 2.80. The average molecular weight is 430 g/mol. The Balaban J connectivity index is 1.42. The summed E-state index contributed by atoms with van der Waals surface area (Å²) in [6.45, 7) is 0.260. The Morgan fingerprint density at radius 3 is 2.62 bits per heavy atom. The Kier molecular flexibility index (Phi) is 5.12. The van der Waals surface area contributed by atoms with Gasteiger partial charge in [-0.1, -0.05) is 23.7 Å². The Morgan fingerprint density at radius 1 is 1.10 bits per heavy atom. The van der Waals surface area contributed by atoms with Gasteiger partial charge in [-0.05, 0) is 48.6 Å². The molecule has 29 heavy (non-hydrogen) atoms. The minimum absolute atomic E-state index is 0.0807. The second-order valence-electron chi connectivity index (χ2n) is 6.36. The Labute approximate surface area is 173 Å². The SMILES string of the molecule is O=C(Nc1ccc(Oc2ccccc2Cl)cc1)C1=CN2CCS(=O)(=O)N=C2C=C1. The molecule has 0 fully saturated rings. The molecule has 148 valence electrons. The monoisotopic (exact) mass is 429 g/mol. The molecule has 1 N–H and O–H groups in total. The molecule has 2 aromatic rings. The van der Waals surface area contributed by atoms with E-state index in [2.05, 4.69) is 9.71 Å². The molecule has 0 unspecified atom stereocenters. The zero-order chi connectivity index (χ0) is 20.4. The van der Waals surface area contributed by atoms with E-state index < -0.39 is 10.0 Å². The van der Waals surface area contributed by atoms with Crippen LogP contribution < -0.4 is 10.1 Å². The van der Waals surface area contributed by atoms with E-state index in [0.29, 0.717) is 33.6 Å². The van der Waals surface area contributed by atoms with E-state index in [4.69, 9.17) is 16.3 Å².